The zero-order chi connectivity index (χ0) is 8.60. The Labute approximate surface area is 71.2 Å². The number of hydrogen-bond donors (Lipinski definition) is 1. The molecule has 0 saturated heterocycles. The van der Waals surface area contributed by atoms with Crippen molar-refractivity contribution in [2.24, 2.45) is 0 Å². The Morgan fingerprint density at radius 3 is 2.92 bits per heavy atom. The zero-order valence-electron chi connectivity index (χ0n) is 7.19. The monoisotopic (exact) mass is 167 g/mol. The van der Waals surface area contributed by atoms with Crippen molar-refractivity contribution < 1.29 is 5.11 Å². The molecule has 1 saturated carbocycles. The van der Waals surface area contributed by atoms with Crippen molar-refractivity contribution in [3.05, 3.63) is 12.2 Å². The number of hydrogen-bond acceptors (Lipinski definition) is 3. The van der Waals surface area contributed by atoms with Gasteiger partial charge in [-0.1, -0.05) is 0 Å². The Kier molecular flexibility index (Phi) is 1.65. The molecule has 0 atom stereocenters. The van der Waals surface area contributed by atoms with Crippen LogP contribution < -0.4 is 0 Å². The second kappa shape index (κ2) is 2.55. The summed E-state index contributed by atoms with van der Waals surface area (Å²) in [6.07, 6.45) is 5.31. The molecule has 0 bridgehead atoms. The average molecular weight is 167 g/mol. The molecule has 4 heteroatoms. The van der Waals surface area contributed by atoms with Crippen LogP contribution in [0, 0.1) is 0 Å². The third kappa shape index (κ3) is 0.948. The smallest absolute Gasteiger partial charge is 0.159 e. The Morgan fingerprint density at radius 2 is 2.42 bits per heavy atom. The number of aromatic nitrogens is 3. The van der Waals surface area contributed by atoms with Gasteiger partial charge in [-0.2, -0.15) is 0 Å². The van der Waals surface area contributed by atoms with E-state index in [1.807, 2.05) is 4.57 Å². The van der Waals surface area contributed by atoms with Gasteiger partial charge in [0.05, 0.1) is 0 Å². The molecule has 1 aromatic heterocycles. The lowest BCUT2D eigenvalue weighted by Gasteiger charge is -2.40. The van der Waals surface area contributed by atoms with Gasteiger partial charge in [-0.05, 0) is 26.2 Å². The van der Waals surface area contributed by atoms with Crippen LogP contribution >= 0.6 is 0 Å². The Balaban J connectivity index is 2.31. The quantitative estimate of drug-likeness (QED) is 0.704. The predicted octanol–water partition coefficient (Wildman–Crippen LogP) is 0.669. The maximum absolute atomic E-state index is 8.97. The summed E-state index contributed by atoms with van der Waals surface area (Å²) in [5, 5.41) is 16.6. The van der Waals surface area contributed by atoms with Crippen LogP contribution in [0.3, 0.4) is 0 Å². The van der Waals surface area contributed by atoms with E-state index < -0.39 is 0 Å². The average Bonchev–Trinajstić information content (AvgIpc) is 2.47. The molecule has 1 aromatic rings. The van der Waals surface area contributed by atoms with Gasteiger partial charge in [0, 0.05) is 5.54 Å². The Hall–Kier alpha value is -0.900. The van der Waals surface area contributed by atoms with E-state index in [0.29, 0.717) is 5.82 Å². The van der Waals surface area contributed by atoms with Gasteiger partial charge >= 0.3 is 0 Å². The number of rotatable bonds is 2. The van der Waals surface area contributed by atoms with E-state index in [-0.39, 0.29) is 12.1 Å². The first-order chi connectivity index (χ1) is 5.76. The van der Waals surface area contributed by atoms with Crippen LogP contribution in [0.1, 0.15) is 32.0 Å². The van der Waals surface area contributed by atoms with Crippen LogP contribution in [0.5, 0.6) is 0 Å². The van der Waals surface area contributed by atoms with Gasteiger partial charge in [0.25, 0.3) is 0 Å². The van der Waals surface area contributed by atoms with Gasteiger partial charge < -0.3 is 9.67 Å². The van der Waals surface area contributed by atoms with Crippen LogP contribution in [0.4, 0.5) is 0 Å². The van der Waals surface area contributed by atoms with Crippen LogP contribution in [0.2, 0.25) is 0 Å². The Morgan fingerprint density at radius 1 is 1.67 bits per heavy atom. The summed E-state index contributed by atoms with van der Waals surface area (Å²) < 4.78 is 2.00. The molecule has 0 aromatic carbocycles. The van der Waals surface area contributed by atoms with E-state index in [2.05, 4.69) is 17.1 Å². The van der Waals surface area contributed by atoms with Crippen molar-refractivity contribution >= 4 is 0 Å². The molecule has 66 valence electrons. The largest absolute Gasteiger partial charge is 0.388 e. The molecule has 1 aliphatic rings. The molecule has 0 radical (unpaired) electrons. The van der Waals surface area contributed by atoms with Crippen LogP contribution in [0.15, 0.2) is 6.33 Å². The summed E-state index contributed by atoms with van der Waals surface area (Å²) in [4.78, 5) is 0. The molecule has 2 rings (SSSR count). The molecule has 4 nitrogen and oxygen atoms in total. The molecule has 0 spiro atoms. The number of nitrogens with zero attached hydrogens (tertiary/aromatic N) is 3. The van der Waals surface area contributed by atoms with E-state index in [0.717, 1.165) is 12.8 Å². The van der Waals surface area contributed by atoms with Crippen molar-refractivity contribution in [1.29, 1.82) is 0 Å². The normalized spacial score (nSPS) is 20.5. The Bertz CT molecular complexity index is 278. The molecule has 1 fully saturated rings. The third-order valence-corrected chi connectivity index (χ3v) is 2.77. The van der Waals surface area contributed by atoms with Gasteiger partial charge in [-0.3, -0.25) is 0 Å². The minimum absolute atomic E-state index is 0.0183. The maximum atomic E-state index is 8.97. The van der Waals surface area contributed by atoms with E-state index in [1.165, 1.54) is 6.42 Å². The highest BCUT2D eigenvalue weighted by molar-refractivity contribution is 4.98. The molecule has 12 heavy (non-hydrogen) atoms. The van der Waals surface area contributed by atoms with Crippen molar-refractivity contribution in [3.63, 3.8) is 0 Å². The first-order valence-electron chi connectivity index (χ1n) is 4.26. The summed E-state index contributed by atoms with van der Waals surface area (Å²) >= 11 is 0. The van der Waals surface area contributed by atoms with Gasteiger partial charge in [0.15, 0.2) is 5.82 Å². The van der Waals surface area contributed by atoms with Crippen LogP contribution in [-0.4, -0.2) is 19.9 Å². The van der Waals surface area contributed by atoms with Crippen LogP contribution in [-0.2, 0) is 12.1 Å². The summed E-state index contributed by atoms with van der Waals surface area (Å²) in [7, 11) is 0. The molecule has 1 heterocycles. The first kappa shape index (κ1) is 7.73. The number of aliphatic hydroxyl groups excluding tert-OH is 1. The zero-order valence-corrected chi connectivity index (χ0v) is 7.19. The SMILES string of the molecule is CC1(n2cnnc2CO)CCC1. The first-order valence-corrected chi connectivity index (χ1v) is 4.26. The minimum atomic E-state index is -0.0183. The molecular formula is C8H13N3O. The van der Waals surface area contributed by atoms with E-state index in [9.17, 15) is 0 Å². The molecule has 0 aliphatic heterocycles. The van der Waals surface area contributed by atoms with E-state index in [4.69, 9.17) is 5.11 Å². The standard InChI is InChI=1S/C8H13N3O/c1-8(3-2-4-8)11-6-9-10-7(11)5-12/h6,12H,2-5H2,1H3. The highest BCUT2D eigenvalue weighted by Gasteiger charge is 2.35. The lowest BCUT2D eigenvalue weighted by molar-refractivity contribution is 0.150. The topological polar surface area (TPSA) is 50.9 Å². The highest BCUT2D eigenvalue weighted by atomic mass is 16.3. The van der Waals surface area contributed by atoms with Gasteiger partial charge in [-0.15, -0.1) is 10.2 Å². The summed E-state index contributed by atoms with van der Waals surface area (Å²) in [5.74, 6) is 0.678. The molecule has 0 unspecified atom stereocenters. The second-order valence-electron chi connectivity index (χ2n) is 3.63. The number of aliphatic hydroxyl groups is 1. The van der Waals surface area contributed by atoms with Crippen molar-refractivity contribution in [2.75, 3.05) is 0 Å². The minimum Gasteiger partial charge on any atom is -0.388 e. The van der Waals surface area contributed by atoms with Crippen molar-refractivity contribution in [3.8, 4) is 0 Å². The fourth-order valence-electron chi connectivity index (χ4n) is 1.75. The predicted molar refractivity (Wildman–Crippen MR) is 43.4 cm³/mol. The molecule has 1 N–H and O–H groups in total. The van der Waals surface area contributed by atoms with Gasteiger partial charge in [-0.25, -0.2) is 0 Å². The molecular weight excluding hydrogens is 154 g/mol. The van der Waals surface area contributed by atoms with E-state index in [1.54, 1.807) is 6.33 Å². The lowest BCUT2D eigenvalue weighted by Crippen LogP contribution is -2.38. The van der Waals surface area contributed by atoms with Crippen molar-refractivity contribution in [2.45, 2.75) is 38.3 Å². The maximum Gasteiger partial charge on any atom is 0.159 e. The molecule has 1 aliphatic carbocycles. The second-order valence-corrected chi connectivity index (χ2v) is 3.63. The summed E-state index contributed by atoms with van der Waals surface area (Å²) in [5.41, 5.74) is 0.168. The summed E-state index contributed by atoms with van der Waals surface area (Å²) in [6.45, 7) is 2.16. The molecule has 0 amide bonds. The van der Waals surface area contributed by atoms with E-state index >= 15 is 0 Å². The summed E-state index contributed by atoms with van der Waals surface area (Å²) in [6, 6.07) is 0. The van der Waals surface area contributed by atoms with Crippen LogP contribution in [0.25, 0.3) is 0 Å². The van der Waals surface area contributed by atoms with Gasteiger partial charge in [0.1, 0.15) is 12.9 Å². The fourth-order valence-corrected chi connectivity index (χ4v) is 1.75. The van der Waals surface area contributed by atoms with Gasteiger partial charge in [0.2, 0.25) is 0 Å². The van der Waals surface area contributed by atoms with Crippen molar-refractivity contribution in [1.82, 2.24) is 14.8 Å². The lowest BCUT2D eigenvalue weighted by atomic mass is 9.78. The third-order valence-electron chi connectivity index (χ3n) is 2.77. The highest BCUT2D eigenvalue weighted by Crippen LogP contribution is 2.38. The fraction of sp³-hybridized carbons (Fsp3) is 0.750.